The Kier molecular flexibility index (Phi) is 5.66. The fraction of sp³-hybridized carbons (Fsp3) is 0.143. The molecule has 0 atom stereocenters. The molecule has 0 amide bonds. The summed E-state index contributed by atoms with van der Waals surface area (Å²) in [7, 11) is -3.96. The fourth-order valence-corrected chi connectivity index (χ4v) is 3.78. The van der Waals surface area contributed by atoms with E-state index in [0.717, 1.165) is 6.92 Å². The van der Waals surface area contributed by atoms with Crippen LogP contribution < -0.4 is 5.14 Å². The van der Waals surface area contributed by atoms with E-state index in [4.69, 9.17) is 5.14 Å². The van der Waals surface area contributed by atoms with Crippen molar-refractivity contribution in [1.82, 2.24) is 0 Å². The maximum Gasteiger partial charge on any atom is 0.416 e. The van der Waals surface area contributed by atoms with Crippen LogP contribution in [0.25, 0.3) is 22.3 Å². The number of rotatable bonds is 3. The van der Waals surface area contributed by atoms with Crippen LogP contribution in [0, 0.1) is 6.92 Å². The maximum absolute atomic E-state index is 13.5. The summed E-state index contributed by atoms with van der Waals surface area (Å²) in [4.78, 5) is -0.178. The normalized spacial score (nSPS) is 12.8. The van der Waals surface area contributed by atoms with Gasteiger partial charge >= 0.3 is 12.4 Å². The fourth-order valence-electron chi connectivity index (χ4n) is 3.27. The highest BCUT2D eigenvalue weighted by molar-refractivity contribution is 7.89. The van der Waals surface area contributed by atoms with Crippen molar-refractivity contribution in [3.63, 3.8) is 0 Å². The van der Waals surface area contributed by atoms with Gasteiger partial charge in [0.2, 0.25) is 10.0 Å². The number of primary sulfonamides is 1. The van der Waals surface area contributed by atoms with Gasteiger partial charge in [-0.15, -0.1) is 0 Å². The van der Waals surface area contributed by atoms with Crippen molar-refractivity contribution in [2.24, 2.45) is 5.14 Å². The van der Waals surface area contributed by atoms with E-state index in [1.165, 1.54) is 42.5 Å². The van der Waals surface area contributed by atoms with E-state index in [9.17, 15) is 34.8 Å². The van der Waals surface area contributed by atoms with Gasteiger partial charge in [-0.25, -0.2) is 13.6 Å². The van der Waals surface area contributed by atoms with Gasteiger partial charge in [-0.3, -0.25) is 0 Å². The van der Waals surface area contributed by atoms with E-state index >= 15 is 0 Å². The molecule has 0 unspecified atom stereocenters. The van der Waals surface area contributed by atoms with Gasteiger partial charge in [0.25, 0.3) is 0 Å². The van der Waals surface area contributed by atoms with Crippen molar-refractivity contribution in [3.8, 4) is 22.3 Å². The minimum absolute atomic E-state index is 0.127. The minimum Gasteiger partial charge on any atom is -0.225 e. The Labute approximate surface area is 174 Å². The second-order valence-corrected chi connectivity index (χ2v) is 8.37. The number of halogens is 6. The smallest absolute Gasteiger partial charge is 0.225 e. The summed E-state index contributed by atoms with van der Waals surface area (Å²) < 4.78 is 104. The molecule has 0 fully saturated rings. The molecular formula is C21H15F6NO2S. The first kappa shape index (κ1) is 22.8. The zero-order chi connectivity index (χ0) is 23.2. The first-order valence-corrected chi connectivity index (χ1v) is 10.3. The third-order valence-corrected chi connectivity index (χ3v) is 5.68. The molecule has 0 heterocycles. The zero-order valence-electron chi connectivity index (χ0n) is 15.8. The van der Waals surface area contributed by atoms with Gasteiger partial charge < -0.3 is 0 Å². The van der Waals surface area contributed by atoms with Crippen LogP contribution in [0.15, 0.2) is 65.6 Å². The highest BCUT2D eigenvalue weighted by atomic mass is 32.2. The van der Waals surface area contributed by atoms with E-state index in [2.05, 4.69) is 0 Å². The summed E-state index contributed by atoms with van der Waals surface area (Å²) >= 11 is 0. The summed E-state index contributed by atoms with van der Waals surface area (Å²) in [5.41, 5.74) is -3.08. The minimum atomic E-state index is -4.98. The molecule has 31 heavy (non-hydrogen) atoms. The molecule has 3 rings (SSSR count). The molecule has 0 aliphatic carbocycles. The number of hydrogen-bond donors (Lipinski definition) is 1. The summed E-state index contributed by atoms with van der Waals surface area (Å²) in [6.45, 7) is 0.785. The molecule has 3 nitrogen and oxygen atoms in total. The van der Waals surface area contributed by atoms with Gasteiger partial charge in [0.05, 0.1) is 16.0 Å². The number of sulfonamides is 1. The maximum atomic E-state index is 13.5. The summed E-state index contributed by atoms with van der Waals surface area (Å²) in [6, 6.07) is 12.5. The average molecular weight is 459 g/mol. The van der Waals surface area contributed by atoms with Crippen LogP contribution >= 0.6 is 0 Å². The van der Waals surface area contributed by atoms with Crippen molar-refractivity contribution in [3.05, 3.63) is 77.4 Å². The molecule has 3 aromatic rings. The van der Waals surface area contributed by atoms with E-state index in [0.29, 0.717) is 23.3 Å². The van der Waals surface area contributed by atoms with Crippen molar-refractivity contribution >= 4 is 10.0 Å². The predicted molar refractivity (Wildman–Crippen MR) is 103 cm³/mol. The van der Waals surface area contributed by atoms with E-state index in [-0.39, 0.29) is 16.0 Å². The SMILES string of the molecule is Cc1c(C(F)(F)F)cc(-c2ccccc2-c2ccc(S(N)(=O)=O)cc2)cc1C(F)(F)F. The molecule has 0 spiro atoms. The van der Waals surface area contributed by atoms with Gasteiger partial charge in [-0.2, -0.15) is 26.3 Å². The lowest BCUT2D eigenvalue weighted by molar-refractivity contribution is -0.143. The van der Waals surface area contributed by atoms with E-state index in [1.807, 2.05) is 0 Å². The van der Waals surface area contributed by atoms with Crippen molar-refractivity contribution in [2.45, 2.75) is 24.2 Å². The Morgan fingerprint density at radius 2 is 1.13 bits per heavy atom. The standard InChI is InChI=1S/C21H15F6NO2S/c1-12-18(20(22,23)24)10-14(11-19(12)21(25,26)27)17-5-3-2-4-16(17)13-6-8-15(9-7-13)31(28,29)30/h2-11H,1H3,(H2,28,29,30). The van der Waals surface area contributed by atoms with Crippen molar-refractivity contribution in [2.75, 3.05) is 0 Å². The van der Waals surface area contributed by atoms with Gasteiger partial charge in [0, 0.05) is 0 Å². The first-order valence-electron chi connectivity index (χ1n) is 8.71. The average Bonchev–Trinajstić information content (AvgIpc) is 2.66. The van der Waals surface area contributed by atoms with Crippen LogP contribution in [0.2, 0.25) is 0 Å². The molecule has 0 aliphatic rings. The van der Waals surface area contributed by atoms with Gasteiger partial charge in [-0.05, 0) is 59.0 Å². The molecule has 0 radical (unpaired) electrons. The predicted octanol–water partition coefficient (Wildman–Crippen LogP) is 6.01. The van der Waals surface area contributed by atoms with Crippen LogP contribution in [0.4, 0.5) is 26.3 Å². The monoisotopic (exact) mass is 459 g/mol. The van der Waals surface area contributed by atoms with Crippen LogP contribution in [-0.4, -0.2) is 8.42 Å². The van der Waals surface area contributed by atoms with Crippen LogP contribution in [0.1, 0.15) is 16.7 Å². The molecule has 0 aliphatic heterocycles. The molecule has 10 heteroatoms. The summed E-state index contributed by atoms with van der Waals surface area (Å²) in [6.07, 6.45) is -9.96. The lowest BCUT2D eigenvalue weighted by Crippen LogP contribution is -2.15. The van der Waals surface area contributed by atoms with Gasteiger partial charge in [0.15, 0.2) is 0 Å². The lowest BCUT2D eigenvalue weighted by atomic mass is 9.90. The van der Waals surface area contributed by atoms with E-state index < -0.39 is 39.1 Å². The first-order chi connectivity index (χ1) is 14.2. The van der Waals surface area contributed by atoms with Crippen molar-refractivity contribution in [1.29, 1.82) is 0 Å². The second-order valence-electron chi connectivity index (χ2n) is 6.81. The molecule has 164 valence electrons. The van der Waals surface area contributed by atoms with Gasteiger partial charge in [0.1, 0.15) is 0 Å². The Bertz CT molecular complexity index is 1190. The molecule has 0 saturated carbocycles. The molecule has 0 bridgehead atoms. The summed E-state index contributed by atoms with van der Waals surface area (Å²) in [5.74, 6) is 0. The number of nitrogens with two attached hydrogens (primary N) is 1. The Morgan fingerprint density at radius 1 is 0.710 bits per heavy atom. The molecule has 0 saturated heterocycles. The third-order valence-electron chi connectivity index (χ3n) is 4.75. The van der Waals surface area contributed by atoms with Crippen LogP contribution in [0.3, 0.4) is 0 Å². The Hall–Kier alpha value is -2.85. The number of alkyl halides is 6. The largest absolute Gasteiger partial charge is 0.416 e. The van der Waals surface area contributed by atoms with Crippen LogP contribution in [0.5, 0.6) is 0 Å². The lowest BCUT2D eigenvalue weighted by Gasteiger charge is -2.19. The summed E-state index contributed by atoms with van der Waals surface area (Å²) in [5, 5.41) is 5.05. The van der Waals surface area contributed by atoms with E-state index in [1.54, 1.807) is 6.07 Å². The third kappa shape index (κ3) is 4.75. The molecular weight excluding hydrogens is 444 g/mol. The van der Waals surface area contributed by atoms with Crippen LogP contribution in [-0.2, 0) is 22.4 Å². The zero-order valence-corrected chi connectivity index (χ0v) is 16.7. The quantitative estimate of drug-likeness (QED) is 0.488. The number of hydrogen-bond acceptors (Lipinski definition) is 2. The Morgan fingerprint density at radius 3 is 1.52 bits per heavy atom. The van der Waals surface area contributed by atoms with Gasteiger partial charge in [-0.1, -0.05) is 36.4 Å². The highest BCUT2D eigenvalue weighted by Gasteiger charge is 2.40. The van der Waals surface area contributed by atoms with Crippen molar-refractivity contribution < 1.29 is 34.8 Å². The molecule has 0 aromatic heterocycles. The molecule has 3 aromatic carbocycles. The highest BCUT2D eigenvalue weighted by Crippen LogP contribution is 2.43. The Balaban J connectivity index is 2.26. The second kappa shape index (κ2) is 7.69. The number of benzene rings is 3. The topological polar surface area (TPSA) is 60.2 Å². The molecule has 2 N–H and O–H groups in total.